The zero-order valence-electron chi connectivity index (χ0n) is 11.4. The second-order valence-corrected chi connectivity index (χ2v) is 6.44. The molecule has 1 aliphatic carbocycles. The number of phenols is 1. The van der Waals surface area contributed by atoms with Gasteiger partial charge in [0.25, 0.3) is 0 Å². The van der Waals surface area contributed by atoms with Crippen LogP contribution in [0.1, 0.15) is 31.2 Å². The molecule has 1 aromatic rings. The van der Waals surface area contributed by atoms with Gasteiger partial charge in [-0.05, 0) is 51.3 Å². The minimum atomic E-state index is 0.166. The third-order valence-electron chi connectivity index (χ3n) is 5.52. The SMILES string of the molecule is CN1CCC23c4cccc(O)c4O[C@H]2CCC[C@H]3C1. The molecule has 3 nitrogen and oxygen atoms in total. The van der Waals surface area contributed by atoms with Crippen LogP contribution in [0.3, 0.4) is 0 Å². The van der Waals surface area contributed by atoms with E-state index in [1.165, 1.54) is 18.4 Å². The Morgan fingerprint density at radius 1 is 1.37 bits per heavy atom. The number of piperidine rings is 1. The third kappa shape index (κ3) is 1.42. The van der Waals surface area contributed by atoms with E-state index in [1.54, 1.807) is 6.07 Å². The lowest BCUT2D eigenvalue weighted by Crippen LogP contribution is -2.55. The lowest BCUT2D eigenvalue weighted by atomic mass is 9.58. The molecule has 1 aromatic carbocycles. The number of likely N-dealkylation sites (tertiary alicyclic amines) is 1. The molecule has 1 saturated heterocycles. The molecule has 2 fully saturated rings. The second-order valence-electron chi connectivity index (χ2n) is 6.44. The molecule has 2 heterocycles. The summed E-state index contributed by atoms with van der Waals surface area (Å²) in [7, 11) is 2.22. The quantitative estimate of drug-likeness (QED) is 0.777. The minimum absolute atomic E-state index is 0.166. The lowest BCUT2D eigenvalue weighted by molar-refractivity contribution is -0.000158. The summed E-state index contributed by atoms with van der Waals surface area (Å²) in [5, 5.41) is 10.1. The number of nitrogens with zero attached hydrogens (tertiary/aromatic N) is 1. The van der Waals surface area contributed by atoms with Crippen LogP contribution in [0.5, 0.6) is 11.5 Å². The van der Waals surface area contributed by atoms with Crippen LogP contribution in [0.15, 0.2) is 18.2 Å². The maximum atomic E-state index is 10.1. The van der Waals surface area contributed by atoms with Crippen molar-refractivity contribution >= 4 is 0 Å². The van der Waals surface area contributed by atoms with Crippen LogP contribution < -0.4 is 4.74 Å². The number of para-hydroxylation sites is 1. The molecule has 0 aromatic heterocycles. The number of phenolic OH excluding ortho intramolecular Hbond substituents is 1. The Bertz CT molecular complexity index is 515. The number of ether oxygens (including phenoxy) is 1. The summed E-state index contributed by atoms with van der Waals surface area (Å²) in [5.74, 6) is 1.76. The van der Waals surface area contributed by atoms with E-state index in [1.807, 2.05) is 6.07 Å². The number of fused-ring (bicyclic) bond motifs is 1. The van der Waals surface area contributed by atoms with Crippen LogP contribution in [0.2, 0.25) is 0 Å². The zero-order chi connectivity index (χ0) is 13.0. The van der Waals surface area contributed by atoms with Gasteiger partial charge in [-0.2, -0.15) is 0 Å². The van der Waals surface area contributed by atoms with Gasteiger partial charge in [0.2, 0.25) is 0 Å². The Morgan fingerprint density at radius 2 is 2.26 bits per heavy atom. The molecule has 3 heteroatoms. The van der Waals surface area contributed by atoms with Crippen molar-refractivity contribution in [3.8, 4) is 11.5 Å². The summed E-state index contributed by atoms with van der Waals surface area (Å²) in [5.41, 5.74) is 1.44. The molecule has 0 radical (unpaired) electrons. The van der Waals surface area contributed by atoms with E-state index in [2.05, 4.69) is 18.0 Å². The van der Waals surface area contributed by atoms with Gasteiger partial charge in [0.05, 0.1) is 0 Å². The smallest absolute Gasteiger partial charge is 0.165 e. The fraction of sp³-hybridized carbons (Fsp3) is 0.625. The summed E-state index contributed by atoms with van der Waals surface area (Å²) < 4.78 is 6.17. The normalized spacial score (nSPS) is 37.1. The topological polar surface area (TPSA) is 32.7 Å². The van der Waals surface area contributed by atoms with Gasteiger partial charge >= 0.3 is 0 Å². The summed E-state index contributed by atoms with van der Waals surface area (Å²) in [6, 6.07) is 5.90. The van der Waals surface area contributed by atoms with Crippen LogP contribution in [-0.4, -0.2) is 36.2 Å². The first-order valence-electron chi connectivity index (χ1n) is 7.39. The maximum absolute atomic E-state index is 10.1. The van der Waals surface area contributed by atoms with E-state index < -0.39 is 0 Å². The Balaban J connectivity index is 1.86. The number of aromatic hydroxyl groups is 1. The summed E-state index contributed by atoms with van der Waals surface area (Å²) in [4.78, 5) is 2.44. The third-order valence-corrected chi connectivity index (χ3v) is 5.52. The molecule has 3 aliphatic rings. The van der Waals surface area contributed by atoms with Crippen molar-refractivity contribution in [2.45, 2.75) is 37.2 Å². The van der Waals surface area contributed by atoms with Gasteiger partial charge in [0.15, 0.2) is 11.5 Å². The van der Waals surface area contributed by atoms with Crippen molar-refractivity contribution < 1.29 is 9.84 Å². The van der Waals surface area contributed by atoms with Gasteiger partial charge in [-0.15, -0.1) is 0 Å². The maximum Gasteiger partial charge on any atom is 0.165 e. The van der Waals surface area contributed by atoms with Crippen molar-refractivity contribution in [1.29, 1.82) is 0 Å². The highest BCUT2D eigenvalue weighted by Gasteiger charge is 2.57. The zero-order valence-corrected chi connectivity index (χ0v) is 11.4. The van der Waals surface area contributed by atoms with E-state index in [-0.39, 0.29) is 11.5 Å². The largest absolute Gasteiger partial charge is 0.504 e. The summed E-state index contributed by atoms with van der Waals surface area (Å²) >= 11 is 0. The molecule has 1 spiro atoms. The van der Waals surface area contributed by atoms with Gasteiger partial charge in [0.1, 0.15) is 6.10 Å². The summed E-state index contributed by atoms with van der Waals surface area (Å²) in [6.45, 7) is 2.29. The van der Waals surface area contributed by atoms with Crippen molar-refractivity contribution in [2.24, 2.45) is 5.92 Å². The number of benzene rings is 1. The Kier molecular flexibility index (Phi) is 2.37. The van der Waals surface area contributed by atoms with Gasteiger partial charge in [0, 0.05) is 17.5 Å². The highest BCUT2D eigenvalue weighted by molar-refractivity contribution is 5.54. The lowest BCUT2D eigenvalue weighted by Gasteiger charge is -2.50. The van der Waals surface area contributed by atoms with E-state index in [0.717, 1.165) is 31.7 Å². The second kappa shape index (κ2) is 3.89. The molecule has 102 valence electrons. The van der Waals surface area contributed by atoms with Gasteiger partial charge in [-0.25, -0.2) is 0 Å². The average Bonchev–Trinajstić information content (AvgIpc) is 2.74. The van der Waals surface area contributed by atoms with Crippen molar-refractivity contribution in [3.63, 3.8) is 0 Å². The molecule has 1 unspecified atom stereocenters. The van der Waals surface area contributed by atoms with Gasteiger partial charge in [-0.1, -0.05) is 12.1 Å². The van der Waals surface area contributed by atoms with Crippen molar-refractivity contribution in [2.75, 3.05) is 20.1 Å². The molecule has 1 saturated carbocycles. The Labute approximate surface area is 114 Å². The first-order valence-corrected chi connectivity index (χ1v) is 7.39. The fourth-order valence-corrected chi connectivity index (χ4v) is 4.64. The van der Waals surface area contributed by atoms with Crippen LogP contribution in [0.25, 0.3) is 0 Å². The summed E-state index contributed by atoms with van der Waals surface area (Å²) in [6.07, 6.45) is 5.12. The number of rotatable bonds is 0. The average molecular weight is 259 g/mol. The highest BCUT2D eigenvalue weighted by atomic mass is 16.5. The molecule has 0 amide bonds. The highest BCUT2D eigenvalue weighted by Crippen LogP contribution is 2.58. The Hall–Kier alpha value is -1.22. The van der Waals surface area contributed by atoms with Crippen LogP contribution >= 0.6 is 0 Å². The predicted molar refractivity (Wildman–Crippen MR) is 73.7 cm³/mol. The van der Waals surface area contributed by atoms with Crippen LogP contribution in [0.4, 0.5) is 0 Å². The van der Waals surface area contributed by atoms with E-state index >= 15 is 0 Å². The molecule has 0 bridgehead atoms. The van der Waals surface area contributed by atoms with Crippen LogP contribution in [-0.2, 0) is 5.41 Å². The fourth-order valence-electron chi connectivity index (χ4n) is 4.64. The standard InChI is InChI=1S/C16H21NO2/c1-17-9-8-16-11(10-17)4-2-7-14(16)19-15-12(16)5-3-6-13(15)18/h3,5-6,11,14,18H,2,4,7-10H2,1H3/t11-,14-,16?/m0/s1. The molecular formula is C16H21NO2. The molecular weight excluding hydrogens is 238 g/mol. The first-order chi connectivity index (χ1) is 9.22. The van der Waals surface area contributed by atoms with Crippen LogP contribution in [0, 0.1) is 5.92 Å². The molecule has 19 heavy (non-hydrogen) atoms. The van der Waals surface area contributed by atoms with Crippen molar-refractivity contribution in [3.05, 3.63) is 23.8 Å². The molecule has 1 N–H and O–H groups in total. The van der Waals surface area contributed by atoms with Gasteiger partial charge in [-0.3, -0.25) is 0 Å². The molecule has 4 rings (SSSR count). The Morgan fingerprint density at radius 3 is 3.16 bits per heavy atom. The van der Waals surface area contributed by atoms with E-state index in [4.69, 9.17) is 4.74 Å². The van der Waals surface area contributed by atoms with E-state index in [9.17, 15) is 5.11 Å². The minimum Gasteiger partial charge on any atom is -0.504 e. The monoisotopic (exact) mass is 259 g/mol. The van der Waals surface area contributed by atoms with Crippen molar-refractivity contribution in [1.82, 2.24) is 4.90 Å². The van der Waals surface area contributed by atoms with Gasteiger partial charge < -0.3 is 14.7 Å². The molecule has 2 aliphatic heterocycles. The molecule has 3 atom stereocenters. The number of hydrogen-bond donors (Lipinski definition) is 1. The predicted octanol–water partition coefficient (Wildman–Crippen LogP) is 2.53. The number of hydrogen-bond acceptors (Lipinski definition) is 3. The first kappa shape index (κ1) is 11.6. The van der Waals surface area contributed by atoms with E-state index in [0.29, 0.717) is 11.7 Å².